The number of hydrogen-bond donors (Lipinski definition) is 2. The molecule has 188 valence electrons. The lowest BCUT2D eigenvalue weighted by Crippen LogP contribution is -2.68. The van der Waals surface area contributed by atoms with Gasteiger partial charge >= 0.3 is 0 Å². The number of rotatable bonds is 9. The van der Waals surface area contributed by atoms with Crippen LogP contribution in [-0.2, 0) is 11.3 Å². The highest BCUT2D eigenvalue weighted by Gasteiger charge is 2.51. The number of primary amides is 1. The Balaban J connectivity index is 1.54. The molecule has 6 nitrogen and oxygen atoms in total. The second-order valence-corrected chi connectivity index (χ2v) is 9.83. The van der Waals surface area contributed by atoms with Crippen LogP contribution in [0, 0.1) is 11.8 Å². The average Bonchev–Trinajstić information content (AvgIpc) is 2.93. The van der Waals surface area contributed by atoms with Crippen LogP contribution < -0.4 is 20.5 Å². The zero-order valence-corrected chi connectivity index (χ0v) is 21.0. The molecule has 3 N–H and O–H groups in total. The predicted octanol–water partition coefficient (Wildman–Crippen LogP) is 3.80. The maximum atomic E-state index is 12.5. The van der Waals surface area contributed by atoms with Crippen molar-refractivity contribution >= 4 is 5.91 Å². The zero-order valence-electron chi connectivity index (χ0n) is 21.0. The molecule has 6 heteroatoms. The third-order valence-corrected chi connectivity index (χ3v) is 7.99. The van der Waals surface area contributed by atoms with E-state index in [9.17, 15) is 4.79 Å². The van der Waals surface area contributed by atoms with Crippen molar-refractivity contribution in [1.29, 1.82) is 0 Å². The molecule has 36 heavy (non-hydrogen) atoms. The van der Waals surface area contributed by atoms with Gasteiger partial charge in [0, 0.05) is 36.7 Å². The molecule has 0 saturated carbocycles. The van der Waals surface area contributed by atoms with Crippen molar-refractivity contribution in [3.8, 4) is 11.5 Å². The van der Waals surface area contributed by atoms with Gasteiger partial charge in [0.05, 0.1) is 20.1 Å². The lowest BCUT2D eigenvalue weighted by Gasteiger charge is -2.56. The van der Waals surface area contributed by atoms with E-state index in [2.05, 4.69) is 70.9 Å². The van der Waals surface area contributed by atoms with Crippen LogP contribution in [-0.4, -0.2) is 50.2 Å². The number of fused-ring (bicyclic) bond motifs is 3. The smallest absolute Gasteiger partial charge is 0.222 e. The lowest BCUT2D eigenvalue weighted by molar-refractivity contribution is -0.132. The maximum absolute atomic E-state index is 12.5. The zero-order chi connectivity index (χ0) is 25.1. The fraction of sp³-hybridized carbons (Fsp3) is 0.367. The van der Waals surface area contributed by atoms with Crippen molar-refractivity contribution in [1.82, 2.24) is 10.2 Å². The molecule has 3 aliphatic rings. The Kier molecular flexibility index (Phi) is 7.25. The summed E-state index contributed by atoms with van der Waals surface area (Å²) in [5.74, 6) is 1.57. The lowest BCUT2D eigenvalue weighted by atomic mass is 9.66. The van der Waals surface area contributed by atoms with Crippen molar-refractivity contribution < 1.29 is 14.3 Å². The maximum Gasteiger partial charge on any atom is 0.222 e. The number of carbonyl (C=O) groups is 1. The molecular weight excluding hydrogens is 450 g/mol. The van der Waals surface area contributed by atoms with Crippen LogP contribution in [0.15, 0.2) is 78.9 Å². The summed E-state index contributed by atoms with van der Waals surface area (Å²) in [4.78, 5) is 15.0. The van der Waals surface area contributed by atoms with Crippen LogP contribution >= 0.6 is 0 Å². The van der Waals surface area contributed by atoms with Gasteiger partial charge in [0.2, 0.25) is 5.91 Å². The summed E-state index contributed by atoms with van der Waals surface area (Å²) >= 11 is 0. The average molecular weight is 486 g/mol. The van der Waals surface area contributed by atoms with Crippen molar-refractivity contribution in [2.24, 2.45) is 17.6 Å². The quantitative estimate of drug-likeness (QED) is 0.482. The van der Waals surface area contributed by atoms with Crippen LogP contribution in [0.25, 0.3) is 0 Å². The molecule has 0 aromatic heterocycles. The number of nitrogens with two attached hydrogens (primary N) is 1. The molecule has 0 radical (unpaired) electrons. The first kappa shape index (κ1) is 24.3. The SMILES string of the molecule is COc1ccc(OC)c(CN[C@H]2[C@H]3CCN(C[C@@H]3C(N)=O)[C@H]2C(c2ccccc2)c2ccccc2)c1. The first-order valence-electron chi connectivity index (χ1n) is 12.7. The van der Waals surface area contributed by atoms with Gasteiger partial charge in [-0.2, -0.15) is 0 Å². The molecule has 3 fully saturated rings. The number of nitrogens with one attached hydrogen (secondary N) is 1. The number of carbonyl (C=O) groups excluding carboxylic acids is 1. The molecule has 2 bridgehead atoms. The van der Waals surface area contributed by atoms with Crippen molar-refractivity contribution in [2.45, 2.75) is 31.0 Å². The predicted molar refractivity (Wildman–Crippen MR) is 141 cm³/mol. The summed E-state index contributed by atoms with van der Waals surface area (Å²) in [6, 6.07) is 27.5. The third kappa shape index (κ3) is 4.71. The summed E-state index contributed by atoms with van der Waals surface area (Å²) < 4.78 is 11.1. The van der Waals surface area contributed by atoms with Crippen LogP contribution in [0.3, 0.4) is 0 Å². The van der Waals surface area contributed by atoms with Crippen LogP contribution in [0.2, 0.25) is 0 Å². The number of piperidine rings is 3. The Morgan fingerprint density at radius 3 is 2.25 bits per heavy atom. The minimum absolute atomic E-state index is 0.0753. The molecule has 5 atom stereocenters. The molecule has 3 aliphatic heterocycles. The third-order valence-electron chi connectivity index (χ3n) is 7.99. The topological polar surface area (TPSA) is 76.8 Å². The van der Waals surface area contributed by atoms with Gasteiger partial charge in [-0.15, -0.1) is 0 Å². The van der Waals surface area contributed by atoms with Crippen LogP contribution in [0.4, 0.5) is 0 Å². The second-order valence-electron chi connectivity index (χ2n) is 9.83. The van der Waals surface area contributed by atoms with Gasteiger partial charge in [0.1, 0.15) is 11.5 Å². The Labute approximate surface area is 213 Å². The number of ether oxygens (including phenoxy) is 2. The Bertz CT molecular complexity index is 1130. The minimum atomic E-state index is -0.204. The summed E-state index contributed by atoms with van der Waals surface area (Å²) in [7, 11) is 3.36. The second kappa shape index (κ2) is 10.7. The number of benzene rings is 3. The van der Waals surface area contributed by atoms with E-state index in [-0.39, 0.29) is 35.7 Å². The molecule has 1 unspecified atom stereocenters. The number of nitrogens with zero attached hydrogens (tertiary/aromatic N) is 1. The molecule has 0 aliphatic carbocycles. The first-order chi connectivity index (χ1) is 17.6. The van der Waals surface area contributed by atoms with E-state index < -0.39 is 0 Å². The first-order valence-corrected chi connectivity index (χ1v) is 12.7. The fourth-order valence-corrected chi connectivity index (χ4v) is 6.32. The van der Waals surface area contributed by atoms with E-state index in [1.54, 1.807) is 14.2 Å². The molecule has 6 rings (SSSR count). The summed E-state index contributed by atoms with van der Waals surface area (Å²) in [6.07, 6.45) is 0.952. The van der Waals surface area contributed by atoms with Gasteiger partial charge in [-0.05, 0) is 48.2 Å². The monoisotopic (exact) mass is 485 g/mol. The largest absolute Gasteiger partial charge is 0.497 e. The molecule has 1 amide bonds. The summed E-state index contributed by atoms with van der Waals surface area (Å²) in [6.45, 7) is 2.28. The highest BCUT2D eigenvalue weighted by atomic mass is 16.5. The van der Waals surface area contributed by atoms with Gasteiger partial charge in [-0.1, -0.05) is 60.7 Å². The molecule has 3 aromatic carbocycles. The van der Waals surface area contributed by atoms with Crippen LogP contribution in [0.1, 0.15) is 29.0 Å². The Morgan fingerprint density at radius 1 is 1.00 bits per heavy atom. The molecular formula is C30H35N3O3. The van der Waals surface area contributed by atoms with Crippen molar-refractivity contribution in [3.05, 3.63) is 95.6 Å². The van der Waals surface area contributed by atoms with Crippen molar-refractivity contribution in [3.63, 3.8) is 0 Å². The molecule has 3 saturated heterocycles. The van der Waals surface area contributed by atoms with E-state index in [4.69, 9.17) is 15.2 Å². The molecule has 3 heterocycles. The Morgan fingerprint density at radius 2 is 1.67 bits per heavy atom. The Hall–Kier alpha value is -3.35. The van der Waals surface area contributed by atoms with Gasteiger partial charge < -0.3 is 20.5 Å². The summed E-state index contributed by atoms with van der Waals surface area (Å²) in [5.41, 5.74) is 9.51. The van der Waals surface area contributed by atoms with E-state index >= 15 is 0 Å². The molecule has 3 aromatic rings. The summed E-state index contributed by atoms with van der Waals surface area (Å²) in [5, 5.41) is 3.87. The van der Waals surface area contributed by atoms with E-state index in [1.165, 1.54) is 11.1 Å². The molecule has 0 spiro atoms. The van der Waals surface area contributed by atoms with Crippen molar-refractivity contribution in [2.75, 3.05) is 27.3 Å². The van der Waals surface area contributed by atoms with Crippen LogP contribution in [0.5, 0.6) is 11.5 Å². The standard InChI is InChI=1S/C30H35N3O3/c1-35-23-13-14-26(36-2)22(17-23)18-32-28-24-15-16-33(19-25(24)30(31)34)29(28)27(20-9-5-3-6-10-20)21-11-7-4-8-12-21/h3-14,17,24-25,27-29,32H,15-16,18-19H2,1-2H3,(H2,31,34)/t24-,25-,28-,29-/m0/s1. The van der Waals surface area contributed by atoms with Gasteiger partial charge in [0.25, 0.3) is 0 Å². The van der Waals surface area contributed by atoms with E-state index in [0.717, 1.165) is 30.0 Å². The minimum Gasteiger partial charge on any atom is -0.497 e. The highest BCUT2D eigenvalue weighted by Crippen LogP contribution is 2.44. The highest BCUT2D eigenvalue weighted by molar-refractivity contribution is 5.77. The van der Waals surface area contributed by atoms with Gasteiger partial charge in [0.15, 0.2) is 0 Å². The van der Waals surface area contributed by atoms with Gasteiger partial charge in [-0.25, -0.2) is 0 Å². The number of methoxy groups -OCH3 is 2. The fourth-order valence-electron chi connectivity index (χ4n) is 6.32. The van der Waals surface area contributed by atoms with E-state index in [1.807, 2.05) is 18.2 Å². The number of hydrogen-bond acceptors (Lipinski definition) is 5. The van der Waals surface area contributed by atoms with Gasteiger partial charge in [-0.3, -0.25) is 9.69 Å². The normalized spacial score (nSPS) is 25.0. The van der Waals surface area contributed by atoms with E-state index in [0.29, 0.717) is 13.1 Å². The number of amides is 1.